The van der Waals surface area contributed by atoms with Gasteiger partial charge in [-0.3, -0.25) is 4.90 Å². The molecule has 1 saturated heterocycles. The molecular formula is C11H14FN5. The molecule has 5 nitrogen and oxygen atoms in total. The second-order valence-corrected chi connectivity index (χ2v) is 4.40. The predicted octanol–water partition coefficient (Wildman–Crippen LogP) is 1.03. The van der Waals surface area contributed by atoms with Gasteiger partial charge in [0.25, 0.3) is 0 Å². The van der Waals surface area contributed by atoms with Gasteiger partial charge < -0.3 is 5.73 Å². The maximum atomic E-state index is 13.4. The number of fused-ring (bicyclic) bond motifs is 1. The molecule has 0 atom stereocenters. The van der Waals surface area contributed by atoms with E-state index in [1.165, 1.54) is 12.1 Å². The van der Waals surface area contributed by atoms with Gasteiger partial charge in [0.05, 0.1) is 17.2 Å². The number of likely N-dealkylation sites (tertiary alicyclic amines) is 1. The highest BCUT2D eigenvalue weighted by molar-refractivity contribution is 5.78. The van der Waals surface area contributed by atoms with Crippen molar-refractivity contribution < 1.29 is 4.39 Å². The number of benzene rings is 1. The Hall–Kier alpha value is -1.69. The topological polar surface area (TPSA) is 60.0 Å². The molecule has 2 heterocycles. The van der Waals surface area contributed by atoms with E-state index in [1.807, 2.05) is 0 Å². The zero-order valence-electron chi connectivity index (χ0n) is 9.60. The van der Waals surface area contributed by atoms with Gasteiger partial charge in [-0.25, -0.2) is 9.07 Å². The zero-order chi connectivity index (χ0) is 12.0. The number of hydrogen-bond donors (Lipinski definition) is 1. The summed E-state index contributed by atoms with van der Waals surface area (Å²) >= 11 is 0. The number of nitrogen functional groups attached to an aromatic ring is 1. The lowest BCUT2D eigenvalue weighted by Gasteiger charge is -2.38. The van der Waals surface area contributed by atoms with Gasteiger partial charge in [-0.05, 0) is 12.6 Å². The number of nitrogens with two attached hydrogens (primary N) is 1. The highest BCUT2D eigenvalue weighted by Gasteiger charge is 2.29. The first-order chi connectivity index (χ1) is 8.19. The van der Waals surface area contributed by atoms with Crippen molar-refractivity contribution in [2.45, 2.75) is 13.0 Å². The third-order valence-electron chi connectivity index (χ3n) is 3.32. The number of likely N-dealkylation sites (N-methyl/N-ethyl adjacent to an activating group) is 1. The van der Waals surface area contributed by atoms with E-state index < -0.39 is 5.82 Å². The van der Waals surface area contributed by atoms with Crippen LogP contribution in [0.15, 0.2) is 12.1 Å². The first-order valence-corrected chi connectivity index (χ1v) is 5.71. The summed E-state index contributed by atoms with van der Waals surface area (Å²) in [5.74, 6) is -0.410. The minimum absolute atomic E-state index is 0.119. The van der Waals surface area contributed by atoms with Crippen LogP contribution in [0.25, 0.3) is 11.0 Å². The number of hydrogen-bond acceptors (Lipinski definition) is 4. The largest absolute Gasteiger partial charge is 0.396 e. The summed E-state index contributed by atoms with van der Waals surface area (Å²) in [5.41, 5.74) is 6.99. The average molecular weight is 235 g/mol. The first-order valence-electron chi connectivity index (χ1n) is 5.71. The summed E-state index contributed by atoms with van der Waals surface area (Å²) in [6.07, 6.45) is 0. The summed E-state index contributed by atoms with van der Waals surface area (Å²) in [6, 6.07) is 3.24. The molecule has 3 rings (SSSR count). The molecule has 0 bridgehead atoms. The van der Waals surface area contributed by atoms with E-state index in [-0.39, 0.29) is 5.69 Å². The van der Waals surface area contributed by atoms with Crippen LogP contribution in [0.4, 0.5) is 10.1 Å². The maximum absolute atomic E-state index is 13.4. The van der Waals surface area contributed by atoms with Crippen LogP contribution < -0.4 is 5.73 Å². The minimum Gasteiger partial charge on any atom is -0.396 e. The molecule has 0 unspecified atom stereocenters. The van der Waals surface area contributed by atoms with Crippen LogP contribution >= 0.6 is 0 Å². The summed E-state index contributed by atoms with van der Waals surface area (Å²) < 4.78 is 15.2. The van der Waals surface area contributed by atoms with Crippen molar-refractivity contribution in [2.75, 3.05) is 25.4 Å². The van der Waals surface area contributed by atoms with Crippen LogP contribution in [-0.4, -0.2) is 39.5 Å². The van der Waals surface area contributed by atoms with Gasteiger partial charge in [0.1, 0.15) is 11.3 Å². The molecular weight excluding hydrogens is 221 g/mol. The summed E-state index contributed by atoms with van der Waals surface area (Å²) in [7, 11) is 0. The molecule has 2 aromatic rings. The van der Waals surface area contributed by atoms with E-state index in [9.17, 15) is 4.39 Å². The third kappa shape index (κ3) is 1.56. The second kappa shape index (κ2) is 3.66. The minimum atomic E-state index is -0.410. The number of anilines is 1. The second-order valence-electron chi connectivity index (χ2n) is 4.40. The van der Waals surface area contributed by atoms with Crippen LogP contribution in [0.2, 0.25) is 0 Å². The van der Waals surface area contributed by atoms with E-state index in [2.05, 4.69) is 22.1 Å². The number of nitrogens with zero attached hydrogens (tertiary/aromatic N) is 4. The fourth-order valence-electron chi connectivity index (χ4n) is 2.20. The van der Waals surface area contributed by atoms with Gasteiger partial charge in [0, 0.05) is 19.2 Å². The number of aromatic nitrogens is 3. The van der Waals surface area contributed by atoms with Crippen LogP contribution in [-0.2, 0) is 0 Å². The summed E-state index contributed by atoms with van der Waals surface area (Å²) in [5, 5.41) is 8.11. The Bertz CT molecular complexity index is 558. The van der Waals surface area contributed by atoms with Gasteiger partial charge >= 0.3 is 0 Å². The van der Waals surface area contributed by atoms with Gasteiger partial charge in [-0.15, -0.1) is 5.10 Å². The van der Waals surface area contributed by atoms with E-state index in [4.69, 9.17) is 5.73 Å². The molecule has 0 aliphatic carbocycles. The SMILES string of the molecule is CCN1CC(n2nnc3cc(N)c(F)cc32)C1. The van der Waals surface area contributed by atoms with Crippen LogP contribution in [0.5, 0.6) is 0 Å². The fraction of sp³-hybridized carbons (Fsp3) is 0.455. The molecule has 2 N–H and O–H groups in total. The summed E-state index contributed by atoms with van der Waals surface area (Å²) in [6.45, 7) is 5.04. The van der Waals surface area contributed by atoms with Crippen molar-refractivity contribution in [3.8, 4) is 0 Å². The Morgan fingerprint density at radius 2 is 2.24 bits per heavy atom. The summed E-state index contributed by atoms with van der Waals surface area (Å²) in [4.78, 5) is 2.30. The van der Waals surface area contributed by atoms with Crippen molar-refractivity contribution in [3.63, 3.8) is 0 Å². The Balaban J connectivity index is 1.98. The predicted molar refractivity (Wildman–Crippen MR) is 63.0 cm³/mol. The van der Waals surface area contributed by atoms with E-state index in [0.717, 1.165) is 25.2 Å². The standard InChI is InChI=1S/C11H14FN5/c1-2-16-5-7(6-16)17-11-3-8(12)9(13)4-10(11)14-15-17/h3-4,7H,2,5-6,13H2,1H3. The molecule has 1 aliphatic heterocycles. The van der Waals surface area contributed by atoms with Crippen molar-refractivity contribution in [1.29, 1.82) is 0 Å². The van der Waals surface area contributed by atoms with Crippen molar-refractivity contribution in [3.05, 3.63) is 17.9 Å². The van der Waals surface area contributed by atoms with Crippen molar-refractivity contribution in [2.24, 2.45) is 0 Å². The van der Waals surface area contributed by atoms with Gasteiger partial charge in [0.2, 0.25) is 0 Å². The smallest absolute Gasteiger partial charge is 0.148 e. The maximum Gasteiger partial charge on any atom is 0.148 e. The van der Waals surface area contributed by atoms with E-state index in [1.54, 1.807) is 4.68 Å². The molecule has 0 amide bonds. The average Bonchev–Trinajstić information content (AvgIpc) is 2.61. The van der Waals surface area contributed by atoms with E-state index in [0.29, 0.717) is 11.6 Å². The lowest BCUT2D eigenvalue weighted by molar-refractivity contribution is 0.107. The Kier molecular flexibility index (Phi) is 2.25. The molecule has 1 aliphatic rings. The Morgan fingerprint density at radius 1 is 1.47 bits per heavy atom. The van der Waals surface area contributed by atoms with Crippen LogP contribution in [0.1, 0.15) is 13.0 Å². The molecule has 0 radical (unpaired) electrons. The van der Waals surface area contributed by atoms with E-state index >= 15 is 0 Å². The van der Waals surface area contributed by atoms with Gasteiger partial charge in [-0.1, -0.05) is 12.1 Å². The molecule has 1 fully saturated rings. The number of halogens is 1. The van der Waals surface area contributed by atoms with Gasteiger partial charge in [0.15, 0.2) is 0 Å². The molecule has 1 aromatic carbocycles. The van der Waals surface area contributed by atoms with Crippen LogP contribution in [0.3, 0.4) is 0 Å². The van der Waals surface area contributed by atoms with Crippen molar-refractivity contribution in [1.82, 2.24) is 19.9 Å². The lowest BCUT2D eigenvalue weighted by Crippen LogP contribution is -2.47. The number of rotatable bonds is 2. The quantitative estimate of drug-likeness (QED) is 0.790. The highest BCUT2D eigenvalue weighted by atomic mass is 19.1. The molecule has 17 heavy (non-hydrogen) atoms. The molecule has 1 aromatic heterocycles. The lowest BCUT2D eigenvalue weighted by atomic mass is 10.1. The highest BCUT2D eigenvalue weighted by Crippen LogP contribution is 2.26. The third-order valence-corrected chi connectivity index (χ3v) is 3.32. The Labute approximate surface area is 98.0 Å². The molecule has 6 heteroatoms. The zero-order valence-corrected chi connectivity index (χ0v) is 9.60. The molecule has 0 saturated carbocycles. The normalized spacial score (nSPS) is 17.5. The molecule has 0 spiro atoms. The Morgan fingerprint density at radius 3 is 2.94 bits per heavy atom. The molecule has 90 valence electrons. The first kappa shape index (κ1) is 10.5. The van der Waals surface area contributed by atoms with Gasteiger partial charge in [-0.2, -0.15) is 0 Å². The monoisotopic (exact) mass is 235 g/mol. The van der Waals surface area contributed by atoms with Crippen molar-refractivity contribution >= 4 is 16.7 Å². The van der Waals surface area contributed by atoms with Crippen LogP contribution in [0, 0.1) is 5.82 Å². The fourth-order valence-corrected chi connectivity index (χ4v) is 2.20.